The minimum absolute atomic E-state index is 0.0332. The van der Waals surface area contributed by atoms with Crippen LogP contribution in [-0.4, -0.2) is 42.3 Å². The van der Waals surface area contributed by atoms with Crippen molar-refractivity contribution in [2.75, 3.05) is 35.6 Å². The van der Waals surface area contributed by atoms with Crippen LogP contribution in [0, 0.1) is 5.92 Å². The van der Waals surface area contributed by atoms with Crippen molar-refractivity contribution in [1.82, 2.24) is 4.90 Å². The van der Waals surface area contributed by atoms with Crippen molar-refractivity contribution >= 4 is 34.8 Å². The van der Waals surface area contributed by atoms with Gasteiger partial charge in [-0.15, -0.1) is 0 Å². The Morgan fingerprint density at radius 3 is 2.03 bits per heavy atom. The third-order valence-corrected chi connectivity index (χ3v) is 6.84. The Morgan fingerprint density at radius 2 is 1.31 bits per heavy atom. The lowest BCUT2D eigenvalue weighted by atomic mass is 9.88. The Morgan fingerprint density at radius 1 is 0.714 bits per heavy atom. The second kappa shape index (κ2) is 12.5. The quantitative estimate of drug-likeness (QED) is 0.508. The molecule has 2 aromatic rings. The van der Waals surface area contributed by atoms with Gasteiger partial charge in [0.05, 0.1) is 6.54 Å². The lowest BCUT2D eigenvalue weighted by Gasteiger charge is -2.20. The maximum Gasteiger partial charge on any atom is 0.255 e. The number of likely N-dealkylation sites (tertiary alicyclic amines) is 1. The second-order valence-electron chi connectivity index (χ2n) is 9.68. The van der Waals surface area contributed by atoms with Crippen LogP contribution in [0.4, 0.5) is 17.1 Å². The lowest BCUT2D eigenvalue weighted by Crippen LogP contribution is -2.33. The molecule has 1 saturated carbocycles. The van der Waals surface area contributed by atoms with E-state index in [9.17, 15) is 14.4 Å². The second-order valence-corrected chi connectivity index (χ2v) is 9.68. The largest absolute Gasteiger partial charge is 0.326 e. The van der Waals surface area contributed by atoms with Crippen molar-refractivity contribution in [1.29, 1.82) is 0 Å². The predicted octanol–water partition coefficient (Wildman–Crippen LogP) is 5.27. The molecular formula is C28H36N4O3. The summed E-state index contributed by atoms with van der Waals surface area (Å²) < 4.78 is 0. The summed E-state index contributed by atoms with van der Waals surface area (Å²) in [5.74, 6) is -0.229. The number of carbonyl (C=O) groups is 3. The molecule has 7 heteroatoms. The van der Waals surface area contributed by atoms with Crippen LogP contribution in [0.15, 0.2) is 48.5 Å². The van der Waals surface area contributed by atoms with Crippen LogP contribution in [0.25, 0.3) is 0 Å². The fourth-order valence-electron chi connectivity index (χ4n) is 4.92. The van der Waals surface area contributed by atoms with Gasteiger partial charge in [0.15, 0.2) is 0 Å². The molecular weight excluding hydrogens is 440 g/mol. The summed E-state index contributed by atoms with van der Waals surface area (Å²) in [5, 5.41) is 8.81. The smallest absolute Gasteiger partial charge is 0.255 e. The highest BCUT2D eigenvalue weighted by Crippen LogP contribution is 2.25. The van der Waals surface area contributed by atoms with E-state index in [1.54, 1.807) is 42.5 Å². The molecule has 1 aliphatic heterocycles. The molecule has 0 unspecified atom stereocenters. The van der Waals surface area contributed by atoms with E-state index in [2.05, 4.69) is 20.9 Å². The van der Waals surface area contributed by atoms with E-state index in [1.807, 2.05) is 6.07 Å². The highest BCUT2D eigenvalue weighted by atomic mass is 16.2. The minimum Gasteiger partial charge on any atom is -0.326 e. The van der Waals surface area contributed by atoms with E-state index in [1.165, 1.54) is 19.3 Å². The molecule has 1 heterocycles. The van der Waals surface area contributed by atoms with Crippen molar-refractivity contribution in [3.8, 4) is 0 Å². The Labute approximate surface area is 207 Å². The molecule has 0 aromatic heterocycles. The number of anilines is 3. The van der Waals surface area contributed by atoms with E-state index in [-0.39, 0.29) is 23.6 Å². The van der Waals surface area contributed by atoms with E-state index in [4.69, 9.17) is 0 Å². The first-order valence-electron chi connectivity index (χ1n) is 12.9. The zero-order chi connectivity index (χ0) is 24.5. The third-order valence-electron chi connectivity index (χ3n) is 6.84. The van der Waals surface area contributed by atoms with Crippen LogP contribution in [0.3, 0.4) is 0 Å². The van der Waals surface area contributed by atoms with Gasteiger partial charge in [0.2, 0.25) is 11.8 Å². The average molecular weight is 477 g/mol. The Balaban J connectivity index is 1.32. The SMILES string of the molecule is O=C(CN1CCCCCC1)Nc1cccc(NC(=O)c2cccc(NC(=O)C3CCCCC3)c2)c1. The lowest BCUT2D eigenvalue weighted by molar-refractivity contribution is -0.120. The molecule has 3 N–H and O–H groups in total. The van der Waals surface area contributed by atoms with Gasteiger partial charge in [-0.25, -0.2) is 0 Å². The third kappa shape index (κ3) is 7.65. The number of hydrogen-bond acceptors (Lipinski definition) is 4. The standard InChI is InChI=1S/C28H36N4O3/c33-26(20-32-16-6-1-2-7-17-32)29-24-14-9-15-25(19-24)31-28(35)22-12-8-13-23(18-22)30-27(34)21-10-4-3-5-11-21/h8-9,12-15,18-19,21H,1-7,10-11,16-17,20H2,(H,29,33)(H,30,34)(H,31,35). The molecule has 0 spiro atoms. The molecule has 7 nitrogen and oxygen atoms in total. The monoisotopic (exact) mass is 476 g/mol. The van der Waals surface area contributed by atoms with Crippen molar-refractivity contribution in [2.24, 2.45) is 5.92 Å². The topological polar surface area (TPSA) is 90.5 Å². The molecule has 3 amide bonds. The van der Waals surface area contributed by atoms with Gasteiger partial charge in [-0.05, 0) is 75.2 Å². The van der Waals surface area contributed by atoms with E-state index in [0.717, 1.165) is 51.6 Å². The fourth-order valence-corrected chi connectivity index (χ4v) is 4.92. The normalized spacial score (nSPS) is 17.3. The number of carbonyl (C=O) groups excluding carboxylic acids is 3. The van der Waals surface area contributed by atoms with Gasteiger partial charge >= 0.3 is 0 Å². The van der Waals surface area contributed by atoms with Gasteiger partial charge in [-0.1, -0.05) is 44.2 Å². The first-order chi connectivity index (χ1) is 17.1. The maximum absolute atomic E-state index is 12.9. The van der Waals surface area contributed by atoms with E-state index < -0.39 is 0 Å². The van der Waals surface area contributed by atoms with Crippen LogP contribution in [0.1, 0.15) is 68.1 Å². The molecule has 2 aliphatic rings. The number of amides is 3. The van der Waals surface area contributed by atoms with Crippen LogP contribution < -0.4 is 16.0 Å². The molecule has 35 heavy (non-hydrogen) atoms. The molecule has 0 radical (unpaired) electrons. The fraction of sp³-hybridized carbons (Fsp3) is 0.464. The summed E-state index contributed by atoms with van der Waals surface area (Å²) in [7, 11) is 0. The van der Waals surface area contributed by atoms with Crippen molar-refractivity contribution in [2.45, 2.75) is 57.8 Å². The average Bonchev–Trinajstić information content (AvgIpc) is 3.13. The summed E-state index contributed by atoms with van der Waals surface area (Å²) in [6.45, 7) is 2.31. The molecule has 4 rings (SSSR count). The van der Waals surface area contributed by atoms with Gasteiger partial charge in [0, 0.05) is 28.5 Å². The van der Waals surface area contributed by atoms with Crippen LogP contribution in [0.2, 0.25) is 0 Å². The first-order valence-corrected chi connectivity index (χ1v) is 12.9. The summed E-state index contributed by atoms with van der Waals surface area (Å²) in [5.41, 5.74) is 2.33. The zero-order valence-electron chi connectivity index (χ0n) is 20.4. The number of nitrogens with zero attached hydrogens (tertiary/aromatic N) is 1. The summed E-state index contributed by atoms with van der Waals surface area (Å²) in [4.78, 5) is 40.1. The van der Waals surface area contributed by atoms with Gasteiger partial charge in [-0.2, -0.15) is 0 Å². The number of nitrogens with one attached hydrogen (secondary N) is 3. The minimum atomic E-state index is -0.271. The van der Waals surface area contributed by atoms with E-state index >= 15 is 0 Å². The van der Waals surface area contributed by atoms with Crippen molar-refractivity contribution in [3.05, 3.63) is 54.1 Å². The van der Waals surface area contributed by atoms with Gasteiger partial charge in [0.25, 0.3) is 5.91 Å². The van der Waals surface area contributed by atoms with E-state index in [0.29, 0.717) is 29.2 Å². The highest BCUT2D eigenvalue weighted by molar-refractivity contribution is 6.06. The molecule has 186 valence electrons. The van der Waals surface area contributed by atoms with Gasteiger partial charge in [0.1, 0.15) is 0 Å². The molecule has 2 aromatic carbocycles. The molecule has 1 aliphatic carbocycles. The molecule has 0 bridgehead atoms. The summed E-state index contributed by atoms with van der Waals surface area (Å²) >= 11 is 0. The van der Waals surface area contributed by atoms with Gasteiger partial charge in [-0.3, -0.25) is 19.3 Å². The number of benzene rings is 2. The summed E-state index contributed by atoms with van der Waals surface area (Å²) in [6.07, 6.45) is 9.99. The number of rotatable bonds is 7. The van der Waals surface area contributed by atoms with Crippen molar-refractivity contribution < 1.29 is 14.4 Å². The van der Waals surface area contributed by atoms with Gasteiger partial charge < -0.3 is 16.0 Å². The zero-order valence-corrected chi connectivity index (χ0v) is 20.4. The Kier molecular flexibility index (Phi) is 8.90. The van der Waals surface area contributed by atoms with Crippen molar-refractivity contribution in [3.63, 3.8) is 0 Å². The van der Waals surface area contributed by atoms with Crippen LogP contribution >= 0.6 is 0 Å². The summed E-state index contributed by atoms with van der Waals surface area (Å²) in [6, 6.07) is 14.2. The molecule has 0 atom stereocenters. The highest BCUT2D eigenvalue weighted by Gasteiger charge is 2.21. The molecule has 1 saturated heterocycles. The Bertz CT molecular complexity index is 1020. The maximum atomic E-state index is 12.9. The predicted molar refractivity (Wildman–Crippen MR) is 140 cm³/mol. The first kappa shape index (κ1) is 24.9. The molecule has 2 fully saturated rings. The number of hydrogen-bond donors (Lipinski definition) is 3. The van der Waals surface area contributed by atoms with Crippen LogP contribution in [-0.2, 0) is 9.59 Å². The van der Waals surface area contributed by atoms with Crippen LogP contribution in [0.5, 0.6) is 0 Å². The Hall–Kier alpha value is -3.19.